The van der Waals surface area contributed by atoms with Crippen LogP contribution in [0.4, 0.5) is 15.1 Å². The molecule has 29 heavy (non-hydrogen) atoms. The molecular weight excluding hydrogens is 383 g/mol. The van der Waals surface area contributed by atoms with Crippen molar-refractivity contribution in [3.63, 3.8) is 0 Å². The highest BCUT2D eigenvalue weighted by atomic mass is 19.1. The summed E-state index contributed by atoms with van der Waals surface area (Å²) in [4.78, 5) is 25.4. The van der Waals surface area contributed by atoms with Gasteiger partial charge in [0.15, 0.2) is 5.96 Å². The van der Waals surface area contributed by atoms with Crippen LogP contribution in [0.25, 0.3) is 11.1 Å². The molecule has 4 N–H and O–H groups in total. The molecule has 154 valence electrons. The minimum atomic E-state index is -1.01. The molecule has 10 nitrogen and oxygen atoms in total. The Bertz CT molecular complexity index is 913. The lowest BCUT2D eigenvalue weighted by Gasteiger charge is -2.27. The van der Waals surface area contributed by atoms with Gasteiger partial charge in [-0.2, -0.15) is 4.98 Å². The molecule has 0 radical (unpaired) electrons. The van der Waals surface area contributed by atoms with Crippen molar-refractivity contribution in [1.82, 2.24) is 9.97 Å². The van der Waals surface area contributed by atoms with E-state index < -0.39 is 17.9 Å². The lowest BCUT2D eigenvalue weighted by Crippen LogP contribution is -2.37. The minimum absolute atomic E-state index is 0.140. The lowest BCUT2D eigenvalue weighted by molar-refractivity contribution is 0.122. The Kier molecular flexibility index (Phi) is 6.39. The maximum absolute atomic E-state index is 15.0. The Labute approximate surface area is 166 Å². The molecule has 1 fully saturated rings. The van der Waals surface area contributed by atoms with E-state index >= 15 is 4.39 Å². The zero-order chi connectivity index (χ0) is 20.8. The number of rotatable bonds is 5. The summed E-state index contributed by atoms with van der Waals surface area (Å²) in [5, 5.41) is 0. The number of methoxy groups -OCH3 is 1. The Morgan fingerprint density at radius 3 is 2.76 bits per heavy atom. The molecule has 0 atom stereocenters. The molecule has 2 aromatic rings. The largest absolute Gasteiger partial charge is 0.480 e. The highest BCUT2D eigenvalue weighted by Gasteiger charge is 2.20. The second-order valence-electron chi connectivity index (χ2n) is 6.06. The van der Waals surface area contributed by atoms with Crippen LogP contribution in [-0.2, 0) is 16.1 Å². The van der Waals surface area contributed by atoms with E-state index in [9.17, 15) is 4.79 Å². The molecule has 0 bridgehead atoms. The molecule has 1 aromatic heterocycles. The minimum Gasteiger partial charge on any atom is -0.480 e. The summed E-state index contributed by atoms with van der Waals surface area (Å²) in [7, 11) is 1.45. The second kappa shape index (κ2) is 9.15. The van der Waals surface area contributed by atoms with Gasteiger partial charge in [-0.1, -0.05) is 18.2 Å². The van der Waals surface area contributed by atoms with Crippen molar-refractivity contribution < 1.29 is 23.4 Å². The van der Waals surface area contributed by atoms with Gasteiger partial charge in [0.2, 0.25) is 11.8 Å². The van der Waals surface area contributed by atoms with Crippen LogP contribution in [0.5, 0.6) is 5.88 Å². The third-order valence-electron chi connectivity index (χ3n) is 4.17. The van der Waals surface area contributed by atoms with Crippen LogP contribution in [0, 0.1) is 5.82 Å². The normalized spacial score (nSPS) is 13.7. The molecule has 3 rings (SSSR count). The highest BCUT2D eigenvalue weighted by Crippen LogP contribution is 2.32. The van der Waals surface area contributed by atoms with Crippen molar-refractivity contribution in [3.8, 4) is 17.0 Å². The number of anilines is 1. The van der Waals surface area contributed by atoms with E-state index in [2.05, 4.69) is 15.0 Å². The number of morpholine rings is 1. The van der Waals surface area contributed by atoms with Crippen molar-refractivity contribution in [1.29, 1.82) is 0 Å². The van der Waals surface area contributed by atoms with Gasteiger partial charge >= 0.3 is 6.09 Å². The second-order valence-corrected chi connectivity index (χ2v) is 6.06. The van der Waals surface area contributed by atoms with E-state index in [0.717, 1.165) is 0 Å². The summed E-state index contributed by atoms with van der Waals surface area (Å²) >= 11 is 0. The summed E-state index contributed by atoms with van der Waals surface area (Å²) in [5.74, 6) is -0.316. The van der Waals surface area contributed by atoms with E-state index in [4.69, 9.17) is 25.7 Å². The fourth-order valence-corrected chi connectivity index (χ4v) is 2.79. The van der Waals surface area contributed by atoms with Crippen molar-refractivity contribution in [2.24, 2.45) is 16.5 Å². The number of aromatic nitrogens is 2. The molecule has 0 spiro atoms. The van der Waals surface area contributed by atoms with Gasteiger partial charge in [-0.05, 0) is 0 Å². The average Bonchev–Trinajstić information content (AvgIpc) is 2.73. The number of halogens is 1. The van der Waals surface area contributed by atoms with Gasteiger partial charge in [0.1, 0.15) is 12.4 Å². The molecule has 0 aliphatic carbocycles. The number of hydrogen-bond donors (Lipinski definition) is 2. The first-order valence-electron chi connectivity index (χ1n) is 8.77. The van der Waals surface area contributed by atoms with Crippen LogP contribution in [0.3, 0.4) is 0 Å². The van der Waals surface area contributed by atoms with Crippen LogP contribution in [0.1, 0.15) is 5.56 Å². The number of nitrogens with zero attached hydrogens (tertiary/aromatic N) is 4. The molecule has 1 aliphatic heterocycles. The molecule has 0 saturated carbocycles. The van der Waals surface area contributed by atoms with Crippen molar-refractivity contribution in [2.45, 2.75) is 6.61 Å². The summed E-state index contributed by atoms with van der Waals surface area (Å²) < 4.78 is 30.6. The molecule has 1 aromatic carbocycles. The summed E-state index contributed by atoms with van der Waals surface area (Å²) in [6, 6.07) is 4.67. The Hall–Kier alpha value is -3.47. The lowest BCUT2D eigenvalue weighted by atomic mass is 10.0. The predicted octanol–water partition coefficient (Wildman–Crippen LogP) is 1.04. The smallest absolute Gasteiger partial charge is 0.437 e. The summed E-state index contributed by atoms with van der Waals surface area (Å²) in [5.41, 5.74) is 10.9. The predicted molar refractivity (Wildman–Crippen MR) is 103 cm³/mol. The molecule has 2 heterocycles. The zero-order valence-electron chi connectivity index (χ0n) is 15.8. The fourth-order valence-electron chi connectivity index (χ4n) is 2.79. The molecule has 1 saturated heterocycles. The van der Waals surface area contributed by atoms with Crippen molar-refractivity contribution in [2.75, 3.05) is 38.3 Å². The number of ether oxygens (including phenoxy) is 3. The van der Waals surface area contributed by atoms with E-state index in [-0.39, 0.29) is 23.6 Å². The Morgan fingerprint density at radius 1 is 1.31 bits per heavy atom. The van der Waals surface area contributed by atoms with Gasteiger partial charge in [0.05, 0.1) is 25.9 Å². The van der Waals surface area contributed by atoms with Gasteiger partial charge < -0.3 is 30.6 Å². The van der Waals surface area contributed by atoms with Gasteiger partial charge in [-0.15, -0.1) is 4.99 Å². The third-order valence-corrected chi connectivity index (χ3v) is 4.17. The third kappa shape index (κ3) is 4.88. The summed E-state index contributed by atoms with van der Waals surface area (Å²) in [6.07, 6.45) is 0.495. The van der Waals surface area contributed by atoms with Gasteiger partial charge in [0, 0.05) is 30.4 Å². The number of hydrogen-bond acceptors (Lipinski definition) is 7. The fraction of sp³-hybridized carbons (Fsp3) is 0.333. The van der Waals surface area contributed by atoms with Gasteiger partial charge in [0.25, 0.3) is 0 Å². The molecule has 1 aliphatic rings. The van der Waals surface area contributed by atoms with Crippen molar-refractivity contribution in [3.05, 3.63) is 35.8 Å². The maximum atomic E-state index is 15.0. The molecule has 1 amide bonds. The van der Waals surface area contributed by atoms with Crippen LogP contribution in [0.2, 0.25) is 0 Å². The van der Waals surface area contributed by atoms with Gasteiger partial charge in [-0.25, -0.2) is 14.2 Å². The number of nitrogens with two attached hydrogens (primary N) is 2. The van der Waals surface area contributed by atoms with Crippen LogP contribution >= 0.6 is 0 Å². The summed E-state index contributed by atoms with van der Waals surface area (Å²) in [6.45, 7) is 2.15. The zero-order valence-corrected chi connectivity index (χ0v) is 15.8. The topological polar surface area (TPSA) is 138 Å². The number of carbonyl (C=O) groups is 1. The standard InChI is InChI=1S/C18H21FN6O4/c1-27-15-13(9-22-17(23-15)25-5-7-28-8-6-25)12-4-2-3-11(14(12)19)10-29-18(26)24-16(20)21/h2-4,9H,5-8,10H2,1H3,(H4,20,21,24,26). The van der Waals surface area contributed by atoms with Gasteiger partial charge in [-0.3, -0.25) is 0 Å². The SMILES string of the molecule is COc1nc(N2CCOCC2)ncc1-c1cccc(COC(=O)N=C(N)N)c1F. The monoisotopic (exact) mass is 404 g/mol. The molecule has 11 heteroatoms. The highest BCUT2D eigenvalue weighted by molar-refractivity contribution is 5.87. The number of guanidine groups is 1. The average molecular weight is 404 g/mol. The Morgan fingerprint density at radius 2 is 2.07 bits per heavy atom. The van der Waals surface area contributed by atoms with E-state index in [0.29, 0.717) is 37.8 Å². The van der Waals surface area contributed by atoms with Crippen LogP contribution in [0.15, 0.2) is 29.4 Å². The Balaban J connectivity index is 1.86. The van der Waals surface area contributed by atoms with E-state index in [1.54, 1.807) is 12.1 Å². The number of aliphatic imine (C=N–C) groups is 1. The number of carbonyl (C=O) groups excluding carboxylic acids is 1. The van der Waals surface area contributed by atoms with Crippen LogP contribution in [-0.4, -0.2) is 55.4 Å². The molecular formula is C18H21FN6O4. The maximum Gasteiger partial charge on any atom is 0.437 e. The first-order chi connectivity index (χ1) is 14.0. The molecule has 0 unspecified atom stereocenters. The van der Waals surface area contributed by atoms with Crippen LogP contribution < -0.4 is 21.1 Å². The van der Waals surface area contributed by atoms with Crippen molar-refractivity contribution >= 4 is 18.0 Å². The number of amides is 1. The van der Waals surface area contributed by atoms with E-state index in [1.165, 1.54) is 19.4 Å². The van der Waals surface area contributed by atoms with E-state index in [1.807, 2.05) is 4.90 Å². The first kappa shape index (κ1) is 20.3. The first-order valence-corrected chi connectivity index (χ1v) is 8.77. The quantitative estimate of drug-likeness (QED) is 0.553. The number of benzene rings is 1.